The Balaban J connectivity index is 1.52. The zero-order valence-corrected chi connectivity index (χ0v) is 16.7. The smallest absolute Gasteiger partial charge is 0.266 e. The van der Waals surface area contributed by atoms with E-state index in [-0.39, 0.29) is 11.9 Å². The van der Waals surface area contributed by atoms with Gasteiger partial charge < -0.3 is 4.42 Å². The van der Waals surface area contributed by atoms with Gasteiger partial charge in [-0.25, -0.2) is 0 Å². The quantitative estimate of drug-likeness (QED) is 0.493. The van der Waals surface area contributed by atoms with E-state index < -0.39 is 0 Å². The topological polar surface area (TPSA) is 46.3 Å². The highest BCUT2D eigenvalue weighted by Gasteiger charge is 2.37. The molecule has 4 nitrogen and oxygen atoms in total. The third-order valence-electron chi connectivity index (χ3n) is 5.11. The van der Waals surface area contributed by atoms with E-state index in [2.05, 4.69) is 4.98 Å². The Bertz CT molecular complexity index is 852. The number of carbonyl (C=O) groups is 1. The van der Waals surface area contributed by atoms with Gasteiger partial charge in [0.25, 0.3) is 5.91 Å². The number of hydrogen-bond donors (Lipinski definition) is 0. The van der Waals surface area contributed by atoms with Gasteiger partial charge in [0.2, 0.25) is 0 Å². The maximum atomic E-state index is 13.0. The van der Waals surface area contributed by atoms with E-state index in [1.807, 2.05) is 35.2 Å². The summed E-state index contributed by atoms with van der Waals surface area (Å²) in [5, 5.41) is 0. The molecule has 2 fully saturated rings. The Morgan fingerprint density at radius 3 is 2.67 bits per heavy atom. The van der Waals surface area contributed by atoms with Crippen LogP contribution < -0.4 is 0 Å². The molecule has 0 radical (unpaired) electrons. The average molecular weight is 399 g/mol. The summed E-state index contributed by atoms with van der Waals surface area (Å²) in [5.74, 6) is 1.42. The van der Waals surface area contributed by atoms with Crippen molar-refractivity contribution in [3.8, 4) is 11.3 Å². The highest BCUT2D eigenvalue weighted by molar-refractivity contribution is 8.26. The third kappa shape index (κ3) is 4.17. The van der Waals surface area contributed by atoms with Crippen LogP contribution in [0, 0.1) is 0 Å². The zero-order valence-electron chi connectivity index (χ0n) is 15.1. The van der Waals surface area contributed by atoms with Crippen LogP contribution in [0.1, 0.15) is 50.7 Å². The predicted molar refractivity (Wildman–Crippen MR) is 113 cm³/mol. The summed E-state index contributed by atoms with van der Waals surface area (Å²) in [6, 6.07) is 7.84. The van der Waals surface area contributed by atoms with Gasteiger partial charge in [-0.3, -0.25) is 14.7 Å². The van der Waals surface area contributed by atoms with Crippen molar-refractivity contribution in [3.05, 3.63) is 47.3 Å². The molecule has 2 aromatic rings. The molecule has 1 aliphatic heterocycles. The van der Waals surface area contributed by atoms with E-state index in [9.17, 15) is 4.79 Å². The number of aromatic nitrogens is 1. The highest BCUT2D eigenvalue weighted by Crippen LogP contribution is 2.37. The summed E-state index contributed by atoms with van der Waals surface area (Å²) in [4.78, 5) is 19.6. The Morgan fingerprint density at radius 1 is 1.15 bits per heavy atom. The van der Waals surface area contributed by atoms with Crippen molar-refractivity contribution < 1.29 is 9.21 Å². The van der Waals surface area contributed by atoms with Crippen molar-refractivity contribution in [2.75, 3.05) is 0 Å². The monoisotopic (exact) mass is 398 g/mol. The van der Waals surface area contributed by atoms with E-state index in [1.165, 1.54) is 43.9 Å². The molecule has 1 saturated carbocycles. The number of furan rings is 1. The molecule has 0 unspecified atom stereocenters. The molecule has 0 bridgehead atoms. The molecule has 140 valence electrons. The van der Waals surface area contributed by atoms with Gasteiger partial charge in [0.15, 0.2) is 0 Å². The number of nitrogens with zero attached hydrogens (tertiary/aromatic N) is 2. The Kier molecular flexibility index (Phi) is 5.74. The lowest BCUT2D eigenvalue weighted by Crippen LogP contribution is -2.39. The van der Waals surface area contributed by atoms with Crippen LogP contribution in [0.3, 0.4) is 0 Å². The molecule has 1 aliphatic carbocycles. The van der Waals surface area contributed by atoms with E-state index >= 15 is 0 Å². The van der Waals surface area contributed by atoms with Crippen molar-refractivity contribution in [1.82, 2.24) is 9.88 Å². The van der Waals surface area contributed by atoms with Crippen LogP contribution in [0.25, 0.3) is 17.4 Å². The van der Waals surface area contributed by atoms with E-state index in [0.29, 0.717) is 15.0 Å². The van der Waals surface area contributed by atoms with Crippen LogP contribution in [-0.2, 0) is 4.79 Å². The van der Waals surface area contributed by atoms with Crippen molar-refractivity contribution in [2.24, 2.45) is 0 Å². The molecule has 4 rings (SSSR count). The predicted octanol–water partition coefficient (Wildman–Crippen LogP) is 5.66. The largest absolute Gasteiger partial charge is 0.457 e. The first-order valence-corrected chi connectivity index (χ1v) is 10.7. The first kappa shape index (κ1) is 18.4. The van der Waals surface area contributed by atoms with E-state index in [1.54, 1.807) is 12.4 Å². The number of hydrogen-bond acceptors (Lipinski definition) is 5. The van der Waals surface area contributed by atoms with Gasteiger partial charge in [-0.15, -0.1) is 0 Å². The lowest BCUT2D eigenvalue weighted by Gasteiger charge is -2.28. The minimum atomic E-state index is 0.0231. The molecule has 2 aromatic heterocycles. The number of pyridine rings is 1. The molecule has 0 aromatic carbocycles. The maximum Gasteiger partial charge on any atom is 0.266 e. The first-order valence-electron chi connectivity index (χ1n) is 9.50. The van der Waals surface area contributed by atoms with Gasteiger partial charge in [0.1, 0.15) is 15.8 Å². The zero-order chi connectivity index (χ0) is 18.6. The fourth-order valence-electron chi connectivity index (χ4n) is 3.71. The normalized spacial score (nSPS) is 20.9. The van der Waals surface area contributed by atoms with Crippen LogP contribution in [0.2, 0.25) is 0 Å². The molecular formula is C21H22N2O2S2. The Hall–Kier alpha value is -1.92. The minimum absolute atomic E-state index is 0.0231. The van der Waals surface area contributed by atoms with Crippen LogP contribution in [0.15, 0.2) is 46.0 Å². The summed E-state index contributed by atoms with van der Waals surface area (Å²) in [6.07, 6.45) is 13.6. The van der Waals surface area contributed by atoms with Gasteiger partial charge in [-0.2, -0.15) is 0 Å². The number of thiocarbonyl (C=S) groups is 1. The molecule has 0 N–H and O–H groups in total. The lowest BCUT2D eigenvalue weighted by atomic mass is 9.96. The Morgan fingerprint density at radius 2 is 1.93 bits per heavy atom. The molecule has 6 heteroatoms. The third-order valence-corrected chi connectivity index (χ3v) is 6.44. The second-order valence-electron chi connectivity index (χ2n) is 6.99. The van der Waals surface area contributed by atoms with E-state index in [0.717, 1.165) is 24.2 Å². The van der Waals surface area contributed by atoms with Crippen LogP contribution in [-0.4, -0.2) is 26.2 Å². The molecule has 2 aliphatic rings. The second-order valence-corrected chi connectivity index (χ2v) is 8.67. The maximum absolute atomic E-state index is 13.0. The summed E-state index contributed by atoms with van der Waals surface area (Å²) >= 11 is 6.92. The van der Waals surface area contributed by atoms with Crippen molar-refractivity contribution >= 4 is 40.3 Å². The van der Waals surface area contributed by atoms with Gasteiger partial charge >= 0.3 is 0 Å². The van der Waals surface area contributed by atoms with Crippen LogP contribution in [0.5, 0.6) is 0 Å². The van der Waals surface area contributed by atoms with Crippen molar-refractivity contribution in [2.45, 2.75) is 51.0 Å². The molecule has 1 amide bonds. The molecule has 3 heterocycles. The number of thioether (sulfide) groups is 1. The second kappa shape index (κ2) is 8.40. The molecular weight excluding hydrogens is 376 g/mol. The number of amides is 1. The molecule has 0 spiro atoms. The molecule has 1 saturated heterocycles. The summed E-state index contributed by atoms with van der Waals surface area (Å²) < 4.78 is 6.57. The lowest BCUT2D eigenvalue weighted by molar-refractivity contribution is -0.123. The van der Waals surface area contributed by atoms with Gasteiger partial charge in [-0.05, 0) is 37.1 Å². The van der Waals surface area contributed by atoms with Crippen molar-refractivity contribution in [3.63, 3.8) is 0 Å². The van der Waals surface area contributed by atoms with Crippen LogP contribution >= 0.6 is 24.0 Å². The molecule has 0 atom stereocenters. The minimum Gasteiger partial charge on any atom is -0.457 e. The standard InChI is InChI=1S/C21H22N2O2S2/c24-20-19(13-17-10-11-18(25-17)15-7-6-12-22-14-15)27-21(26)23(20)16-8-4-2-1-3-5-9-16/h6-7,10-14,16H,1-5,8-9H2/b19-13-. The number of rotatable bonds is 3. The van der Waals surface area contributed by atoms with Crippen LogP contribution in [0.4, 0.5) is 0 Å². The molecule has 27 heavy (non-hydrogen) atoms. The van der Waals surface area contributed by atoms with Gasteiger partial charge in [0, 0.05) is 30.1 Å². The number of carbonyl (C=O) groups excluding carboxylic acids is 1. The first-order chi connectivity index (χ1) is 13.2. The van der Waals surface area contributed by atoms with Gasteiger partial charge in [-0.1, -0.05) is 56.1 Å². The summed E-state index contributed by atoms with van der Waals surface area (Å²) in [5.41, 5.74) is 0.916. The fraction of sp³-hybridized carbons (Fsp3) is 0.381. The van der Waals surface area contributed by atoms with Crippen molar-refractivity contribution in [1.29, 1.82) is 0 Å². The average Bonchev–Trinajstić information content (AvgIpc) is 3.22. The SMILES string of the molecule is O=C1/C(=C/c2ccc(-c3cccnc3)o2)SC(=S)N1C1CCCCCCC1. The van der Waals surface area contributed by atoms with Gasteiger partial charge in [0.05, 0.1) is 4.91 Å². The van der Waals surface area contributed by atoms with E-state index in [4.69, 9.17) is 16.6 Å². The highest BCUT2D eigenvalue weighted by atomic mass is 32.2. The summed E-state index contributed by atoms with van der Waals surface area (Å²) in [7, 11) is 0. The Labute approximate surface area is 169 Å². The fourth-order valence-corrected chi connectivity index (χ4v) is 5.09. The summed E-state index contributed by atoms with van der Waals surface area (Å²) in [6.45, 7) is 0.